The van der Waals surface area contributed by atoms with Gasteiger partial charge in [0.05, 0.1) is 22.5 Å². The van der Waals surface area contributed by atoms with Crippen LogP contribution in [0.3, 0.4) is 0 Å². The first kappa shape index (κ1) is 25.1. The van der Waals surface area contributed by atoms with Crippen LogP contribution in [-0.4, -0.2) is 22.1 Å². The van der Waals surface area contributed by atoms with E-state index in [1.54, 1.807) is 11.3 Å². The lowest BCUT2D eigenvalue weighted by molar-refractivity contribution is -0.114. The van der Waals surface area contributed by atoms with Crippen LogP contribution in [0.4, 0.5) is 11.4 Å². The first-order chi connectivity index (χ1) is 18.9. The van der Waals surface area contributed by atoms with Gasteiger partial charge >= 0.3 is 0 Å². The number of anilines is 2. The maximum Gasteiger partial charge on any atom is 0.280 e. The van der Waals surface area contributed by atoms with Crippen LogP contribution in [0.15, 0.2) is 77.4 Å². The third-order valence-corrected chi connectivity index (χ3v) is 8.72. The minimum absolute atomic E-state index is 0.0737. The van der Waals surface area contributed by atoms with Crippen molar-refractivity contribution in [1.82, 2.24) is 4.57 Å². The van der Waals surface area contributed by atoms with Gasteiger partial charge < -0.3 is 9.88 Å². The minimum Gasteiger partial charge on any atom is -0.322 e. The Morgan fingerprint density at radius 3 is 2.41 bits per heavy atom. The van der Waals surface area contributed by atoms with E-state index in [0.29, 0.717) is 11.3 Å². The van der Waals surface area contributed by atoms with Crippen LogP contribution in [0.1, 0.15) is 57.5 Å². The van der Waals surface area contributed by atoms with Crippen molar-refractivity contribution in [3.05, 3.63) is 105 Å². The number of hydrogen-bond acceptors (Lipinski definition) is 4. The third-order valence-electron chi connectivity index (χ3n) is 7.45. The number of para-hydroxylation sites is 2. The zero-order valence-corrected chi connectivity index (χ0v) is 23.1. The number of hydrazone groups is 1. The lowest BCUT2D eigenvalue weighted by atomic mass is 9.95. The monoisotopic (exact) mass is 534 g/mol. The molecule has 0 spiro atoms. The standard InChI is InChI=1S/C32H30N4O2S/c1-20-18-23(19-27-21(2)34-36(31(27)38)25-14-8-5-9-15-25)22(3)35(20)32-29(26-16-10-11-17-28(26)39-32)30(37)33-24-12-6-4-7-13-24/h4-9,12-15,18-19H,10-11,16-17H2,1-3H3,(H,33,37)/b27-19+. The van der Waals surface area contributed by atoms with Crippen LogP contribution < -0.4 is 10.3 Å². The van der Waals surface area contributed by atoms with Gasteiger partial charge in [-0.1, -0.05) is 36.4 Å². The highest BCUT2D eigenvalue weighted by Gasteiger charge is 2.31. The molecule has 0 bridgehead atoms. The molecule has 3 heterocycles. The summed E-state index contributed by atoms with van der Waals surface area (Å²) in [5.41, 5.74) is 7.69. The topological polar surface area (TPSA) is 66.7 Å². The highest BCUT2D eigenvalue weighted by atomic mass is 32.1. The summed E-state index contributed by atoms with van der Waals surface area (Å²) in [6.07, 6.45) is 6.08. The number of carbonyl (C=O) groups is 2. The van der Waals surface area contributed by atoms with Gasteiger partial charge in [0.15, 0.2) is 0 Å². The fourth-order valence-electron chi connectivity index (χ4n) is 5.49. The largest absolute Gasteiger partial charge is 0.322 e. The Morgan fingerprint density at radius 2 is 1.67 bits per heavy atom. The smallest absolute Gasteiger partial charge is 0.280 e. The van der Waals surface area contributed by atoms with Crippen LogP contribution in [0.25, 0.3) is 11.1 Å². The van der Waals surface area contributed by atoms with Gasteiger partial charge in [-0.2, -0.15) is 10.1 Å². The van der Waals surface area contributed by atoms with E-state index in [2.05, 4.69) is 34.9 Å². The Kier molecular flexibility index (Phi) is 6.53. The number of benzene rings is 2. The fraction of sp³-hybridized carbons (Fsp3) is 0.219. The molecule has 0 saturated heterocycles. The summed E-state index contributed by atoms with van der Waals surface area (Å²) in [6, 6.07) is 21.2. The zero-order chi connectivity index (χ0) is 27.1. The summed E-state index contributed by atoms with van der Waals surface area (Å²) < 4.78 is 2.18. The molecule has 39 heavy (non-hydrogen) atoms. The van der Waals surface area contributed by atoms with Crippen LogP contribution in [0, 0.1) is 13.8 Å². The molecule has 1 aliphatic carbocycles. The predicted octanol–water partition coefficient (Wildman–Crippen LogP) is 7.09. The maximum atomic E-state index is 13.7. The van der Waals surface area contributed by atoms with Gasteiger partial charge in [-0.05, 0) is 94.0 Å². The summed E-state index contributed by atoms with van der Waals surface area (Å²) in [5.74, 6) is -0.214. The molecular formula is C32H30N4O2S. The Labute approximate surface area is 232 Å². The molecule has 1 N–H and O–H groups in total. The van der Waals surface area contributed by atoms with Gasteiger partial charge in [0.1, 0.15) is 5.00 Å². The highest BCUT2D eigenvalue weighted by molar-refractivity contribution is 7.15. The molecule has 6 nitrogen and oxygen atoms in total. The third kappa shape index (κ3) is 4.53. The van der Waals surface area contributed by atoms with Gasteiger partial charge in [0.25, 0.3) is 11.8 Å². The average Bonchev–Trinajstić information content (AvgIpc) is 3.56. The molecular weight excluding hydrogens is 504 g/mol. The van der Waals surface area contributed by atoms with Gasteiger partial charge in [0.2, 0.25) is 0 Å². The van der Waals surface area contributed by atoms with Crippen molar-refractivity contribution in [3.8, 4) is 5.00 Å². The van der Waals surface area contributed by atoms with E-state index in [-0.39, 0.29) is 11.8 Å². The van der Waals surface area contributed by atoms with Gasteiger partial charge in [-0.25, -0.2) is 0 Å². The predicted molar refractivity (Wildman–Crippen MR) is 159 cm³/mol. The second-order valence-electron chi connectivity index (χ2n) is 10.1. The molecule has 0 radical (unpaired) electrons. The van der Waals surface area contributed by atoms with Crippen LogP contribution in [0.2, 0.25) is 0 Å². The van der Waals surface area contributed by atoms with Gasteiger partial charge in [-0.15, -0.1) is 11.3 Å². The zero-order valence-electron chi connectivity index (χ0n) is 22.3. The molecule has 2 aromatic heterocycles. The van der Waals surface area contributed by atoms with E-state index in [4.69, 9.17) is 0 Å². The molecule has 2 aliphatic rings. The second kappa shape index (κ2) is 10.2. The van der Waals surface area contributed by atoms with Crippen LogP contribution >= 0.6 is 11.3 Å². The Balaban J connectivity index is 1.40. The van der Waals surface area contributed by atoms with Crippen molar-refractivity contribution in [2.75, 3.05) is 10.3 Å². The molecule has 0 atom stereocenters. The van der Waals surface area contributed by atoms with Crippen molar-refractivity contribution < 1.29 is 9.59 Å². The lowest BCUT2D eigenvalue weighted by Gasteiger charge is -2.14. The van der Waals surface area contributed by atoms with E-state index in [9.17, 15) is 9.59 Å². The quantitative estimate of drug-likeness (QED) is 0.278. The summed E-state index contributed by atoms with van der Waals surface area (Å²) in [4.78, 5) is 28.3. The number of nitrogens with one attached hydrogen (secondary N) is 1. The number of hydrogen-bond donors (Lipinski definition) is 1. The molecule has 0 unspecified atom stereocenters. The molecule has 4 aromatic rings. The number of rotatable bonds is 5. The van der Waals surface area contributed by atoms with Crippen molar-refractivity contribution in [2.45, 2.75) is 46.5 Å². The first-order valence-electron chi connectivity index (χ1n) is 13.3. The Hall–Kier alpha value is -4.23. The average molecular weight is 535 g/mol. The minimum atomic E-state index is -0.141. The van der Waals surface area contributed by atoms with Gasteiger partial charge in [0, 0.05) is 22.0 Å². The number of amides is 2. The Bertz CT molecular complexity index is 1640. The SMILES string of the molecule is CC1=NN(c2ccccc2)C(=O)/C1=C/c1cc(C)n(-c2sc3c(c2C(=O)Nc2ccccc2)CCCC3)c1C. The summed E-state index contributed by atoms with van der Waals surface area (Å²) in [6.45, 7) is 5.98. The highest BCUT2D eigenvalue weighted by Crippen LogP contribution is 2.39. The molecule has 1 aliphatic heterocycles. The lowest BCUT2D eigenvalue weighted by Crippen LogP contribution is -2.21. The molecule has 6 rings (SSSR count). The van der Waals surface area contributed by atoms with Crippen molar-refractivity contribution >= 4 is 46.3 Å². The summed E-state index contributed by atoms with van der Waals surface area (Å²) in [5, 5.41) is 10.1. The summed E-state index contributed by atoms with van der Waals surface area (Å²) >= 11 is 1.72. The van der Waals surface area contributed by atoms with E-state index in [1.165, 1.54) is 15.4 Å². The maximum absolute atomic E-state index is 13.7. The number of aryl methyl sites for hydroxylation is 2. The number of carbonyl (C=O) groups excluding carboxylic acids is 2. The van der Waals surface area contributed by atoms with E-state index in [0.717, 1.165) is 64.6 Å². The van der Waals surface area contributed by atoms with Gasteiger partial charge in [-0.3, -0.25) is 9.59 Å². The fourth-order valence-corrected chi connectivity index (χ4v) is 6.99. The van der Waals surface area contributed by atoms with Crippen molar-refractivity contribution in [1.29, 1.82) is 0 Å². The van der Waals surface area contributed by atoms with E-state index >= 15 is 0 Å². The van der Waals surface area contributed by atoms with Crippen LogP contribution in [-0.2, 0) is 17.6 Å². The molecule has 0 fully saturated rings. The first-order valence-corrected chi connectivity index (χ1v) is 14.1. The number of thiophene rings is 1. The molecule has 0 saturated carbocycles. The van der Waals surface area contributed by atoms with E-state index in [1.807, 2.05) is 73.7 Å². The number of aromatic nitrogens is 1. The van der Waals surface area contributed by atoms with Crippen LogP contribution in [0.5, 0.6) is 0 Å². The number of fused-ring (bicyclic) bond motifs is 1. The summed E-state index contributed by atoms with van der Waals surface area (Å²) in [7, 11) is 0. The second-order valence-corrected chi connectivity index (χ2v) is 11.2. The molecule has 7 heteroatoms. The van der Waals surface area contributed by atoms with E-state index < -0.39 is 0 Å². The Morgan fingerprint density at radius 1 is 0.974 bits per heavy atom. The normalized spacial score (nSPS) is 16.0. The molecule has 196 valence electrons. The molecule has 2 aromatic carbocycles. The van der Waals surface area contributed by atoms with Crippen molar-refractivity contribution in [3.63, 3.8) is 0 Å². The number of nitrogens with zero attached hydrogens (tertiary/aromatic N) is 3. The molecule has 2 amide bonds. The van der Waals surface area contributed by atoms with Crippen molar-refractivity contribution in [2.24, 2.45) is 5.10 Å².